The third kappa shape index (κ3) is 7.83. The molecule has 0 saturated carbocycles. The number of hydrogen-bond donors (Lipinski definition) is 2. The van der Waals surface area contributed by atoms with E-state index in [1.54, 1.807) is 14.2 Å². The third-order valence-corrected chi connectivity index (χ3v) is 2.81. The minimum atomic E-state index is -4.29. The first-order valence-corrected chi connectivity index (χ1v) is 6.57. The lowest BCUT2D eigenvalue weighted by atomic mass is 10.1. The van der Waals surface area contributed by atoms with Crippen LogP contribution in [0.5, 0.6) is 0 Å². The van der Waals surface area contributed by atoms with Crippen LogP contribution in [0, 0.1) is 0 Å². The van der Waals surface area contributed by atoms with Crippen molar-refractivity contribution >= 4 is 29.9 Å². The molecule has 2 N–H and O–H groups in total. The van der Waals surface area contributed by atoms with Crippen molar-refractivity contribution < 1.29 is 17.9 Å². The summed E-state index contributed by atoms with van der Waals surface area (Å²) in [6.45, 7) is 1.79. The van der Waals surface area contributed by atoms with E-state index in [9.17, 15) is 13.2 Å². The third-order valence-electron chi connectivity index (χ3n) is 2.81. The Balaban J connectivity index is 0.00000441. The molecule has 8 heteroatoms. The molecule has 0 aromatic heterocycles. The molecule has 126 valence electrons. The maximum atomic E-state index is 12.4. The van der Waals surface area contributed by atoms with Crippen molar-refractivity contribution in [1.82, 2.24) is 10.6 Å². The number of halogens is 4. The van der Waals surface area contributed by atoms with Gasteiger partial charge in [-0.2, -0.15) is 13.2 Å². The average Bonchev–Trinajstić information content (AvgIpc) is 2.45. The predicted octanol–water partition coefficient (Wildman–Crippen LogP) is 2.68. The number of rotatable bonds is 6. The lowest BCUT2D eigenvalue weighted by Gasteiger charge is -2.12. The molecule has 0 aliphatic carbocycles. The lowest BCUT2D eigenvalue weighted by molar-refractivity contribution is -0.137. The van der Waals surface area contributed by atoms with Crippen molar-refractivity contribution in [1.29, 1.82) is 0 Å². The number of ether oxygens (including phenoxy) is 1. The second-order valence-corrected chi connectivity index (χ2v) is 4.36. The summed E-state index contributed by atoms with van der Waals surface area (Å²) < 4.78 is 42.2. The van der Waals surface area contributed by atoms with Crippen molar-refractivity contribution in [3.63, 3.8) is 0 Å². The van der Waals surface area contributed by atoms with E-state index < -0.39 is 11.7 Å². The number of aliphatic imine (C=N–C) groups is 1. The standard InChI is InChI=1S/C14H20F3N3O.HI/c1-18-13(20-9-10-21-2)19-8-7-11-3-5-12(6-4-11)14(15,16)17;/h3-6H,7-10H2,1-2H3,(H2,18,19,20);1H. The van der Waals surface area contributed by atoms with Gasteiger partial charge in [-0.25, -0.2) is 0 Å². The van der Waals surface area contributed by atoms with Crippen LogP contribution in [0.3, 0.4) is 0 Å². The van der Waals surface area contributed by atoms with Crippen LogP contribution >= 0.6 is 24.0 Å². The van der Waals surface area contributed by atoms with Gasteiger partial charge in [-0.05, 0) is 24.1 Å². The normalized spacial score (nSPS) is 11.8. The van der Waals surface area contributed by atoms with Gasteiger partial charge in [0, 0.05) is 27.2 Å². The number of guanidine groups is 1. The van der Waals surface area contributed by atoms with Gasteiger partial charge >= 0.3 is 6.18 Å². The number of methoxy groups -OCH3 is 1. The Bertz CT molecular complexity index is 450. The first-order valence-electron chi connectivity index (χ1n) is 6.57. The molecule has 0 radical (unpaired) electrons. The Morgan fingerprint density at radius 1 is 1.14 bits per heavy atom. The maximum absolute atomic E-state index is 12.4. The summed E-state index contributed by atoms with van der Waals surface area (Å²) in [5.74, 6) is 0.638. The highest BCUT2D eigenvalue weighted by Crippen LogP contribution is 2.29. The lowest BCUT2D eigenvalue weighted by Crippen LogP contribution is -2.39. The van der Waals surface area contributed by atoms with Crippen LogP contribution in [0.4, 0.5) is 13.2 Å². The quantitative estimate of drug-likeness (QED) is 0.315. The Morgan fingerprint density at radius 2 is 1.73 bits per heavy atom. The topological polar surface area (TPSA) is 45.7 Å². The summed E-state index contributed by atoms with van der Waals surface area (Å²) in [7, 11) is 3.27. The zero-order chi connectivity index (χ0) is 15.7. The van der Waals surface area contributed by atoms with Gasteiger partial charge < -0.3 is 15.4 Å². The van der Waals surface area contributed by atoms with Crippen molar-refractivity contribution in [2.75, 3.05) is 33.9 Å². The van der Waals surface area contributed by atoms with Gasteiger partial charge in [-0.3, -0.25) is 4.99 Å². The monoisotopic (exact) mass is 431 g/mol. The molecule has 0 fully saturated rings. The fourth-order valence-corrected chi connectivity index (χ4v) is 1.68. The van der Waals surface area contributed by atoms with Crippen LogP contribution < -0.4 is 10.6 Å². The van der Waals surface area contributed by atoms with E-state index in [0.717, 1.165) is 17.7 Å². The zero-order valence-corrected chi connectivity index (χ0v) is 14.9. The summed E-state index contributed by atoms with van der Waals surface area (Å²) in [6, 6.07) is 5.18. The van der Waals surface area contributed by atoms with Crippen LogP contribution in [0.1, 0.15) is 11.1 Å². The molecule has 0 aliphatic rings. The first kappa shape index (κ1) is 21.0. The highest BCUT2D eigenvalue weighted by atomic mass is 127. The van der Waals surface area contributed by atoms with Crippen molar-refractivity contribution in [3.05, 3.63) is 35.4 Å². The summed E-state index contributed by atoms with van der Waals surface area (Å²) in [5.41, 5.74) is 0.207. The van der Waals surface area contributed by atoms with Crippen molar-refractivity contribution in [2.24, 2.45) is 4.99 Å². The van der Waals surface area contributed by atoms with Gasteiger partial charge in [0.1, 0.15) is 0 Å². The van der Waals surface area contributed by atoms with E-state index in [4.69, 9.17) is 4.74 Å². The van der Waals surface area contributed by atoms with Gasteiger partial charge in [-0.15, -0.1) is 24.0 Å². The van der Waals surface area contributed by atoms with E-state index in [1.807, 2.05) is 0 Å². The van der Waals surface area contributed by atoms with Crippen LogP contribution in [-0.4, -0.2) is 39.8 Å². The highest BCUT2D eigenvalue weighted by molar-refractivity contribution is 14.0. The predicted molar refractivity (Wildman–Crippen MR) is 91.8 cm³/mol. The largest absolute Gasteiger partial charge is 0.416 e. The van der Waals surface area contributed by atoms with Crippen molar-refractivity contribution in [2.45, 2.75) is 12.6 Å². The molecular formula is C14H21F3IN3O. The fraction of sp³-hybridized carbons (Fsp3) is 0.500. The van der Waals surface area contributed by atoms with E-state index in [2.05, 4.69) is 15.6 Å². The first-order chi connectivity index (χ1) is 9.97. The number of nitrogens with zero attached hydrogens (tertiary/aromatic N) is 1. The van der Waals surface area contributed by atoms with Crippen LogP contribution in [0.25, 0.3) is 0 Å². The van der Waals surface area contributed by atoms with Crippen LogP contribution in [0.15, 0.2) is 29.3 Å². The molecule has 0 amide bonds. The summed E-state index contributed by atoms with van der Waals surface area (Å²) >= 11 is 0. The second-order valence-electron chi connectivity index (χ2n) is 4.36. The van der Waals surface area contributed by atoms with E-state index in [-0.39, 0.29) is 24.0 Å². The van der Waals surface area contributed by atoms with E-state index in [0.29, 0.717) is 32.1 Å². The summed E-state index contributed by atoms with van der Waals surface area (Å²) in [5, 5.41) is 6.13. The van der Waals surface area contributed by atoms with E-state index >= 15 is 0 Å². The maximum Gasteiger partial charge on any atom is 0.416 e. The Labute approximate surface area is 145 Å². The summed E-state index contributed by atoms with van der Waals surface area (Å²) in [6.07, 6.45) is -3.67. The van der Waals surface area contributed by atoms with Gasteiger partial charge in [0.2, 0.25) is 0 Å². The highest BCUT2D eigenvalue weighted by Gasteiger charge is 2.29. The molecule has 1 aromatic carbocycles. The molecular weight excluding hydrogens is 410 g/mol. The van der Waals surface area contributed by atoms with E-state index in [1.165, 1.54) is 12.1 Å². The molecule has 0 heterocycles. The summed E-state index contributed by atoms with van der Waals surface area (Å²) in [4.78, 5) is 4.03. The number of nitrogens with one attached hydrogen (secondary N) is 2. The van der Waals surface area contributed by atoms with Gasteiger partial charge in [-0.1, -0.05) is 12.1 Å². The molecule has 0 atom stereocenters. The molecule has 0 unspecified atom stereocenters. The second kappa shape index (κ2) is 10.7. The molecule has 0 saturated heterocycles. The zero-order valence-electron chi connectivity index (χ0n) is 12.5. The molecule has 1 rings (SSSR count). The minimum absolute atomic E-state index is 0. The fourth-order valence-electron chi connectivity index (χ4n) is 1.68. The molecule has 22 heavy (non-hydrogen) atoms. The average molecular weight is 431 g/mol. The molecule has 0 aliphatic heterocycles. The van der Waals surface area contributed by atoms with Gasteiger partial charge in [0.25, 0.3) is 0 Å². The van der Waals surface area contributed by atoms with Crippen LogP contribution in [-0.2, 0) is 17.3 Å². The molecule has 0 bridgehead atoms. The molecule has 0 spiro atoms. The van der Waals surface area contributed by atoms with Gasteiger partial charge in [0.05, 0.1) is 12.2 Å². The number of benzene rings is 1. The molecule has 4 nitrogen and oxygen atoms in total. The van der Waals surface area contributed by atoms with Crippen molar-refractivity contribution in [3.8, 4) is 0 Å². The number of hydrogen-bond acceptors (Lipinski definition) is 2. The Morgan fingerprint density at radius 3 is 2.23 bits per heavy atom. The van der Waals surface area contributed by atoms with Gasteiger partial charge in [0.15, 0.2) is 5.96 Å². The SMILES string of the molecule is CN=C(NCCOC)NCCc1ccc(C(F)(F)F)cc1.I. The minimum Gasteiger partial charge on any atom is -0.383 e. The Kier molecular flexibility index (Phi) is 10.2. The smallest absolute Gasteiger partial charge is 0.383 e. The molecule has 1 aromatic rings. The Hall–Kier alpha value is -1.03. The van der Waals surface area contributed by atoms with Crippen LogP contribution in [0.2, 0.25) is 0 Å². The number of alkyl halides is 3.